The molecule has 0 aromatic heterocycles. The molecule has 0 saturated carbocycles. The van der Waals surface area contributed by atoms with E-state index in [0.29, 0.717) is 5.06 Å². The number of carbonyl (C=O) groups excluding carboxylic acids is 2. The van der Waals surface area contributed by atoms with E-state index in [1.54, 1.807) is 5.92 Å². The van der Waals surface area contributed by atoms with Crippen molar-refractivity contribution < 1.29 is 19.5 Å². The highest BCUT2D eigenvalue weighted by molar-refractivity contribution is 5.89. The van der Waals surface area contributed by atoms with Crippen LogP contribution in [0, 0.1) is 12.3 Å². The lowest BCUT2D eigenvalue weighted by Crippen LogP contribution is -2.34. The van der Waals surface area contributed by atoms with Crippen LogP contribution in [0.4, 0.5) is 0 Å². The van der Waals surface area contributed by atoms with Gasteiger partial charge < -0.3 is 9.94 Å². The average Bonchev–Trinajstić information content (AvgIpc) is 2.35. The first kappa shape index (κ1) is 8.56. The van der Waals surface area contributed by atoms with Crippen LogP contribution in [0.5, 0.6) is 0 Å². The molecule has 12 heavy (non-hydrogen) atoms. The highest BCUT2D eigenvalue weighted by Gasteiger charge is 2.32. The summed E-state index contributed by atoms with van der Waals surface area (Å²) in [7, 11) is 0. The Morgan fingerprint density at radius 2 is 2.50 bits per heavy atom. The molecule has 1 amide bonds. The zero-order valence-corrected chi connectivity index (χ0v) is 6.19. The van der Waals surface area contributed by atoms with E-state index in [1.807, 2.05) is 0 Å². The number of carbonyl (C=O) groups is 2. The van der Waals surface area contributed by atoms with Crippen LogP contribution in [0.1, 0.15) is 12.8 Å². The first-order chi connectivity index (χ1) is 5.65. The van der Waals surface area contributed by atoms with Crippen molar-refractivity contribution in [1.82, 2.24) is 5.06 Å². The summed E-state index contributed by atoms with van der Waals surface area (Å²) in [6.45, 7) is 0. The highest BCUT2D eigenvalue weighted by atomic mass is 16.7. The number of aliphatic hydroxyl groups excluding tert-OH is 1. The van der Waals surface area contributed by atoms with Crippen LogP contribution < -0.4 is 0 Å². The fourth-order valence-electron chi connectivity index (χ4n) is 0.874. The predicted octanol–water partition coefficient (Wildman–Crippen LogP) is -0.981. The maximum absolute atomic E-state index is 10.9. The molecule has 5 heteroatoms. The monoisotopic (exact) mass is 169 g/mol. The number of rotatable bonds is 1. The molecule has 0 aliphatic carbocycles. The Kier molecular flexibility index (Phi) is 2.31. The van der Waals surface area contributed by atoms with Crippen molar-refractivity contribution in [3.8, 4) is 12.3 Å². The zero-order valence-electron chi connectivity index (χ0n) is 6.19. The third-order valence-corrected chi connectivity index (χ3v) is 1.43. The summed E-state index contributed by atoms with van der Waals surface area (Å²) < 4.78 is 0. The van der Waals surface area contributed by atoms with Gasteiger partial charge >= 0.3 is 5.97 Å². The summed E-state index contributed by atoms with van der Waals surface area (Å²) >= 11 is 0. The zero-order chi connectivity index (χ0) is 9.14. The molecule has 0 bridgehead atoms. The van der Waals surface area contributed by atoms with Gasteiger partial charge in [-0.15, -0.1) is 11.5 Å². The maximum Gasteiger partial charge on any atom is 0.408 e. The quantitative estimate of drug-likeness (QED) is 0.512. The SMILES string of the molecule is C#CC(=O)ON1C(=O)CCC1O. The van der Waals surface area contributed by atoms with Gasteiger partial charge in [0.25, 0.3) is 5.91 Å². The van der Waals surface area contributed by atoms with Gasteiger partial charge in [0.1, 0.15) is 0 Å². The van der Waals surface area contributed by atoms with Crippen molar-refractivity contribution in [2.24, 2.45) is 0 Å². The second-order valence-electron chi connectivity index (χ2n) is 2.26. The predicted molar refractivity (Wildman–Crippen MR) is 37.0 cm³/mol. The number of aliphatic hydroxyl groups is 1. The first-order valence-electron chi connectivity index (χ1n) is 3.34. The molecule has 1 rings (SSSR count). The summed E-state index contributed by atoms with van der Waals surface area (Å²) in [6, 6.07) is 0. The molecule has 0 aromatic rings. The summed E-state index contributed by atoms with van der Waals surface area (Å²) in [4.78, 5) is 25.7. The standard InChI is InChI=1S/C7H7NO4/c1-2-7(11)12-8-5(9)3-4-6(8)10/h1,5,9H,3-4H2. The minimum absolute atomic E-state index is 0.166. The highest BCUT2D eigenvalue weighted by Crippen LogP contribution is 2.16. The van der Waals surface area contributed by atoms with Crippen molar-refractivity contribution in [3.63, 3.8) is 0 Å². The Labute approximate surface area is 68.9 Å². The van der Waals surface area contributed by atoms with Crippen molar-refractivity contribution in [1.29, 1.82) is 0 Å². The van der Waals surface area contributed by atoms with Crippen LogP contribution >= 0.6 is 0 Å². The first-order valence-corrected chi connectivity index (χ1v) is 3.34. The second-order valence-corrected chi connectivity index (χ2v) is 2.26. The van der Waals surface area contributed by atoms with Crippen LogP contribution in [0.3, 0.4) is 0 Å². The van der Waals surface area contributed by atoms with E-state index in [-0.39, 0.29) is 12.8 Å². The minimum Gasteiger partial charge on any atom is -0.370 e. The van der Waals surface area contributed by atoms with E-state index < -0.39 is 18.1 Å². The van der Waals surface area contributed by atoms with Crippen LogP contribution in [-0.4, -0.2) is 28.3 Å². The van der Waals surface area contributed by atoms with Crippen LogP contribution in [-0.2, 0) is 14.4 Å². The summed E-state index contributed by atoms with van der Waals surface area (Å²) in [5.41, 5.74) is 0. The van der Waals surface area contributed by atoms with E-state index in [2.05, 4.69) is 4.84 Å². The van der Waals surface area contributed by atoms with E-state index in [1.165, 1.54) is 0 Å². The van der Waals surface area contributed by atoms with Crippen molar-refractivity contribution in [3.05, 3.63) is 0 Å². The number of hydrogen-bond donors (Lipinski definition) is 1. The Morgan fingerprint density at radius 3 is 2.92 bits per heavy atom. The molecule has 1 unspecified atom stereocenters. The van der Waals surface area contributed by atoms with Crippen LogP contribution in [0.15, 0.2) is 0 Å². The number of hydroxylamine groups is 2. The molecule has 64 valence electrons. The maximum atomic E-state index is 10.9. The van der Waals surface area contributed by atoms with Gasteiger partial charge in [0.2, 0.25) is 0 Å². The topological polar surface area (TPSA) is 66.8 Å². The number of amides is 1. The Morgan fingerprint density at radius 1 is 1.83 bits per heavy atom. The van der Waals surface area contributed by atoms with Gasteiger partial charge in [0.05, 0.1) is 0 Å². The summed E-state index contributed by atoms with van der Waals surface area (Å²) in [5.74, 6) is 0.246. The van der Waals surface area contributed by atoms with Crippen LogP contribution in [0.25, 0.3) is 0 Å². The van der Waals surface area contributed by atoms with E-state index in [9.17, 15) is 9.59 Å². The lowest BCUT2D eigenvalue weighted by molar-refractivity contribution is -0.215. The molecule has 1 heterocycles. The molecule has 1 N–H and O–H groups in total. The molecule has 5 nitrogen and oxygen atoms in total. The third kappa shape index (κ3) is 1.54. The van der Waals surface area contributed by atoms with E-state index in [0.717, 1.165) is 0 Å². The molecular weight excluding hydrogens is 162 g/mol. The Balaban J connectivity index is 2.57. The Bertz CT molecular complexity index is 255. The fourth-order valence-corrected chi connectivity index (χ4v) is 0.874. The molecule has 1 aliphatic heterocycles. The summed E-state index contributed by atoms with van der Waals surface area (Å²) in [5, 5.41) is 9.66. The Hall–Kier alpha value is -1.54. The van der Waals surface area contributed by atoms with Crippen molar-refractivity contribution >= 4 is 11.9 Å². The molecular formula is C7H7NO4. The number of terminal acetylenes is 1. The van der Waals surface area contributed by atoms with Gasteiger partial charge in [-0.2, -0.15) is 0 Å². The lowest BCUT2D eigenvalue weighted by atomic mass is 10.4. The minimum atomic E-state index is -1.06. The number of hydrogen-bond acceptors (Lipinski definition) is 4. The molecule has 0 aromatic carbocycles. The molecule has 1 atom stereocenters. The lowest BCUT2D eigenvalue weighted by Gasteiger charge is -2.16. The van der Waals surface area contributed by atoms with E-state index in [4.69, 9.17) is 11.5 Å². The van der Waals surface area contributed by atoms with Gasteiger partial charge in [-0.05, 0) is 0 Å². The fraction of sp³-hybridized carbons (Fsp3) is 0.429. The van der Waals surface area contributed by atoms with Gasteiger partial charge in [0, 0.05) is 18.8 Å². The van der Waals surface area contributed by atoms with Crippen molar-refractivity contribution in [2.75, 3.05) is 0 Å². The molecule has 1 saturated heterocycles. The van der Waals surface area contributed by atoms with Crippen molar-refractivity contribution in [2.45, 2.75) is 19.1 Å². The number of nitrogens with zero attached hydrogens (tertiary/aromatic N) is 1. The largest absolute Gasteiger partial charge is 0.408 e. The molecule has 0 spiro atoms. The van der Waals surface area contributed by atoms with Gasteiger partial charge in [0.15, 0.2) is 6.23 Å². The summed E-state index contributed by atoms with van der Waals surface area (Å²) in [6.07, 6.45) is 4.06. The third-order valence-electron chi connectivity index (χ3n) is 1.43. The smallest absolute Gasteiger partial charge is 0.370 e. The van der Waals surface area contributed by atoms with E-state index >= 15 is 0 Å². The van der Waals surface area contributed by atoms with Gasteiger partial charge in [-0.1, -0.05) is 0 Å². The average molecular weight is 169 g/mol. The van der Waals surface area contributed by atoms with Crippen LogP contribution in [0.2, 0.25) is 0 Å². The second kappa shape index (κ2) is 3.24. The normalized spacial score (nSPS) is 22.2. The molecule has 1 fully saturated rings. The van der Waals surface area contributed by atoms with Gasteiger partial charge in [-0.25, -0.2) is 4.79 Å². The van der Waals surface area contributed by atoms with Gasteiger partial charge in [-0.3, -0.25) is 4.79 Å². The molecule has 1 aliphatic rings. The molecule has 0 radical (unpaired) electrons.